The van der Waals surface area contributed by atoms with E-state index in [2.05, 4.69) is 21.8 Å². The van der Waals surface area contributed by atoms with Crippen molar-refractivity contribution in [3.8, 4) is 0 Å². The number of carbonyl (C=O) groups excluding carboxylic acids is 1. The van der Waals surface area contributed by atoms with E-state index in [4.69, 9.17) is 0 Å². The van der Waals surface area contributed by atoms with Gasteiger partial charge in [-0.2, -0.15) is 5.10 Å². The van der Waals surface area contributed by atoms with Gasteiger partial charge in [0.1, 0.15) is 0 Å². The van der Waals surface area contributed by atoms with Crippen molar-refractivity contribution in [2.45, 2.75) is 39.2 Å². The van der Waals surface area contributed by atoms with E-state index in [0.717, 1.165) is 63.4 Å². The van der Waals surface area contributed by atoms with Gasteiger partial charge in [0.2, 0.25) is 5.91 Å². The SMILES string of the molecule is CCCCN1CCN(C(=O)[C@@H]2CCCN(c3cnn(Cc4ccccc4)c(=O)c3)C2)CC1. The molecule has 1 amide bonds. The third kappa shape index (κ3) is 5.57. The molecule has 0 aliphatic carbocycles. The first-order valence-corrected chi connectivity index (χ1v) is 12.0. The molecule has 0 bridgehead atoms. The minimum Gasteiger partial charge on any atom is -0.369 e. The van der Waals surface area contributed by atoms with Crippen molar-refractivity contribution in [3.63, 3.8) is 0 Å². The molecule has 2 saturated heterocycles. The molecule has 1 atom stereocenters. The third-order valence-corrected chi connectivity index (χ3v) is 6.68. The number of rotatable bonds is 7. The fourth-order valence-corrected chi connectivity index (χ4v) is 4.72. The summed E-state index contributed by atoms with van der Waals surface area (Å²) in [5.41, 5.74) is 1.76. The molecule has 0 spiro atoms. The molecule has 2 aromatic rings. The normalized spacial score (nSPS) is 19.8. The second-order valence-corrected chi connectivity index (χ2v) is 9.00. The highest BCUT2D eigenvalue weighted by Gasteiger charge is 2.31. The average Bonchev–Trinajstić information content (AvgIpc) is 2.84. The van der Waals surface area contributed by atoms with Crippen LogP contribution in [0.2, 0.25) is 0 Å². The second kappa shape index (κ2) is 10.8. The Morgan fingerprint density at radius 2 is 1.88 bits per heavy atom. The maximum Gasteiger partial charge on any atom is 0.269 e. The maximum atomic E-state index is 13.2. The zero-order valence-electron chi connectivity index (χ0n) is 19.2. The number of unbranched alkanes of at least 4 members (excludes halogenated alkanes) is 1. The molecule has 32 heavy (non-hydrogen) atoms. The molecule has 0 unspecified atom stereocenters. The van der Waals surface area contributed by atoms with Crippen LogP contribution in [0.1, 0.15) is 38.2 Å². The number of hydrogen-bond donors (Lipinski definition) is 0. The van der Waals surface area contributed by atoms with Crippen LogP contribution in [-0.2, 0) is 11.3 Å². The van der Waals surface area contributed by atoms with Crippen molar-refractivity contribution in [1.29, 1.82) is 0 Å². The van der Waals surface area contributed by atoms with E-state index in [0.29, 0.717) is 13.1 Å². The number of amides is 1. The van der Waals surface area contributed by atoms with Crippen LogP contribution in [0, 0.1) is 5.92 Å². The van der Waals surface area contributed by atoms with Gasteiger partial charge in [-0.3, -0.25) is 14.5 Å². The lowest BCUT2D eigenvalue weighted by Crippen LogP contribution is -2.52. The Labute approximate surface area is 190 Å². The summed E-state index contributed by atoms with van der Waals surface area (Å²) in [5, 5.41) is 4.40. The molecule has 2 fully saturated rings. The van der Waals surface area contributed by atoms with Crippen LogP contribution in [-0.4, -0.2) is 71.3 Å². The van der Waals surface area contributed by atoms with Crippen molar-refractivity contribution >= 4 is 11.6 Å². The first-order valence-electron chi connectivity index (χ1n) is 12.0. The second-order valence-electron chi connectivity index (χ2n) is 9.00. The van der Waals surface area contributed by atoms with Gasteiger partial charge < -0.3 is 9.80 Å². The Hall–Kier alpha value is -2.67. The summed E-state index contributed by atoms with van der Waals surface area (Å²) in [6, 6.07) is 11.5. The van der Waals surface area contributed by atoms with E-state index in [9.17, 15) is 9.59 Å². The largest absolute Gasteiger partial charge is 0.369 e. The van der Waals surface area contributed by atoms with Gasteiger partial charge in [-0.1, -0.05) is 43.7 Å². The van der Waals surface area contributed by atoms with Gasteiger partial charge in [0, 0.05) is 45.3 Å². The van der Waals surface area contributed by atoms with Crippen LogP contribution in [0.15, 0.2) is 47.4 Å². The Morgan fingerprint density at radius 3 is 2.59 bits per heavy atom. The van der Waals surface area contributed by atoms with Gasteiger partial charge in [0.25, 0.3) is 5.56 Å². The molecule has 0 saturated carbocycles. The Bertz CT molecular complexity index is 937. The van der Waals surface area contributed by atoms with Crippen LogP contribution in [0.5, 0.6) is 0 Å². The summed E-state index contributed by atoms with van der Waals surface area (Å²) in [6.45, 7) is 8.96. The quantitative estimate of drug-likeness (QED) is 0.666. The highest BCUT2D eigenvalue weighted by molar-refractivity contribution is 5.80. The van der Waals surface area contributed by atoms with E-state index in [1.54, 1.807) is 12.3 Å². The zero-order chi connectivity index (χ0) is 22.3. The fourth-order valence-electron chi connectivity index (χ4n) is 4.72. The van der Waals surface area contributed by atoms with Crippen LogP contribution >= 0.6 is 0 Å². The molecule has 1 aromatic carbocycles. The number of benzene rings is 1. The van der Waals surface area contributed by atoms with Gasteiger partial charge in [0.15, 0.2) is 0 Å². The molecule has 1 aromatic heterocycles. The number of piperidine rings is 1. The first-order chi connectivity index (χ1) is 15.6. The zero-order valence-corrected chi connectivity index (χ0v) is 19.2. The predicted octanol–water partition coefficient (Wildman–Crippen LogP) is 2.45. The van der Waals surface area contributed by atoms with Crippen molar-refractivity contribution in [1.82, 2.24) is 19.6 Å². The molecule has 7 nitrogen and oxygen atoms in total. The summed E-state index contributed by atoms with van der Waals surface area (Å²) in [5.74, 6) is 0.271. The first kappa shape index (κ1) is 22.5. The van der Waals surface area contributed by atoms with Crippen molar-refractivity contribution in [2.24, 2.45) is 5.92 Å². The Morgan fingerprint density at radius 1 is 1.09 bits per heavy atom. The Kier molecular flexibility index (Phi) is 7.58. The molecule has 7 heteroatoms. The Balaban J connectivity index is 1.35. The van der Waals surface area contributed by atoms with Gasteiger partial charge >= 0.3 is 0 Å². The van der Waals surface area contributed by atoms with Crippen molar-refractivity contribution in [2.75, 3.05) is 50.7 Å². The molecule has 0 N–H and O–H groups in total. The molecule has 0 radical (unpaired) electrons. The number of aromatic nitrogens is 2. The van der Waals surface area contributed by atoms with Crippen LogP contribution in [0.4, 0.5) is 5.69 Å². The maximum absolute atomic E-state index is 13.2. The molecule has 4 rings (SSSR count). The van der Waals surface area contributed by atoms with E-state index in [1.807, 2.05) is 35.2 Å². The number of piperazine rings is 1. The monoisotopic (exact) mass is 437 g/mol. The highest BCUT2D eigenvalue weighted by Crippen LogP contribution is 2.24. The molecule has 3 heterocycles. The molecule has 2 aliphatic heterocycles. The number of hydrogen-bond acceptors (Lipinski definition) is 5. The summed E-state index contributed by atoms with van der Waals surface area (Å²) < 4.78 is 1.49. The summed E-state index contributed by atoms with van der Waals surface area (Å²) in [6.07, 6.45) is 6.08. The molecule has 172 valence electrons. The van der Waals surface area contributed by atoms with E-state index >= 15 is 0 Å². The van der Waals surface area contributed by atoms with E-state index in [-0.39, 0.29) is 17.4 Å². The number of carbonyl (C=O) groups is 1. The summed E-state index contributed by atoms with van der Waals surface area (Å²) in [4.78, 5) is 32.5. The molecular weight excluding hydrogens is 402 g/mol. The van der Waals surface area contributed by atoms with Crippen LogP contribution < -0.4 is 10.5 Å². The number of nitrogens with zero attached hydrogens (tertiary/aromatic N) is 5. The van der Waals surface area contributed by atoms with E-state index < -0.39 is 0 Å². The lowest BCUT2D eigenvalue weighted by molar-refractivity contribution is -0.137. The summed E-state index contributed by atoms with van der Waals surface area (Å²) in [7, 11) is 0. The standard InChI is InChI=1S/C25H35N5O2/c1-2-3-11-27-13-15-28(16-14-27)25(32)22-10-7-12-29(20-22)23-17-24(31)30(26-18-23)19-21-8-5-4-6-9-21/h4-6,8-9,17-18,22H,2-3,7,10-16,19-20H2,1H3/t22-/m1/s1. The minimum atomic E-state index is -0.108. The lowest BCUT2D eigenvalue weighted by atomic mass is 9.96. The minimum absolute atomic E-state index is 0.00214. The third-order valence-electron chi connectivity index (χ3n) is 6.68. The highest BCUT2D eigenvalue weighted by atomic mass is 16.2. The molecular formula is C25H35N5O2. The van der Waals surface area contributed by atoms with Crippen LogP contribution in [0.25, 0.3) is 0 Å². The number of anilines is 1. The van der Waals surface area contributed by atoms with Crippen molar-refractivity contribution in [3.05, 3.63) is 58.5 Å². The smallest absolute Gasteiger partial charge is 0.269 e. The van der Waals surface area contributed by atoms with E-state index in [1.165, 1.54) is 17.5 Å². The average molecular weight is 438 g/mol. The van der Waals surface area contributed by atoms with Gasteiger partial charge in [-0.05, 0) is 31.4 Å². The van der Waals surface area contributed by atoms with Gasteiger partial charge in [-0.25, -0.2) is 4.68 Å². The van der Waals surface area contributed by atoms with Crippen molar-refractivity contribution < 1.29 is 4.79 Å². The summed E-state index contributed by atoms with van der Waals surface area (Å²) >= 11 is 0. The fraction of sp³-hybridized carbons (Fsp3) is 0.560. The topological polar surface area (TPSA) is 61.7 Å². The van der Waals surface area contributed by atoms with Gasteiger partial charge in [0.05, 0.1) is 24.3 Å². The lowest BCUT2D eigenvalue weighted by Gasteiger charge is -2.39. The van der Waals surface area contributed by atoms with Gasteiger partial charge in [-0.15, -0.1) is 0 Å². The predicted molar refractivity (Wildman–Crippen MR) is 127 cm³/mol. The molecule has 2 aliphatic rings. The van der Waals surface area contributed by atoms with Crippen LogP contribution in [0.3, 0.4) is 0 Å².